The Morgan fingerprint density at radius 1 is 1.33 bits per heavy atom. The van der Waals surface area contributed by atoms with Crippen LogP contribution in [0.3, 0.4) is 0 Å². The molecule has 18 heavy (non-hydrogen) atoms. The normalized spacial score (nSPS) is 23.7. The van der Waals surface area contributed by atoms with E-state index in [0.717, 1.165) is 17.3 Å². The van der Waals surface area contributed by atoms with Gasteiger partial charge in [-0.25, -0.2) is 0 Å². The van der Waals surface area contributed by atoms with Crippen molar-refractivity contribution in [1.29, 1.82) is 0 Å². The first-order chi connectivity index (χ1) is 8.72. The molecule has 0 heterocycles. The molecule has 0 bridgehead atoms. The summed E-state index contributed by atoms with van der Waals surface area (Å²) in [4.78, 5) is 12.2. The van der Waals surface area contributed by atoms with Crippen LogP contribution in [0.15, 0.2) is 28.7 Å². The summed E-state index contributed by atoms with van der Waals surface area (Å²) in [7, 11) is 0. The molecule has 1 aromatic rings. The lowest BCUT2D eigenvalue weighted by molar-refractivity contribution is 0.0907. The highest BCUT2D eigenvalue weighted by atomic mass is 79.9. The Morgan fingerprint density at radius 3 is 2.78 bits per heavy atom. The van der Waals surface area contributed by atoms with E-state index >= 15 is 0 Å². The third-order valence-corrected chi connectivity index (χ3v) is 4.34. The van der Waals surface area contributed by atoms with Gasteiger partial charge in [0, 0.05) is 10.5 Å². The second-order valence-electron chi connectivity index (χ2n) is 4.84. The number of nitrogens with two attached hydrogens (primary N) is 1. The van der Waals surface area contributed by atoms with Gasteiger partial charge in [0.1, 0.15) is 0 Å². The number of hydrogen-bond acceptors (Lipinski definition) is 2. The highest BCUT2D eigenvalue weighted by Gasteiger charge is 2.25. The molecule has 0 aliphatic heterocycles. The molecule has 0 aromatic heterocycles. The van der Waals surface area contributed by atoms with Gasteiger partial charge in [-0.05, 0) is 53.4 Å². The zero-order valence-electron chi connectivity index (χ0n) is 10.4. The second kappa shape index (κ2) is 6.34. The zero-order valence-corrected chi connectivity index (χ0v) is 11.9. The minimum Gasteiger partial charge on any atom is -0.349 e. The van der Waals surface area contributed by atoms with Crippen molar-refractivity contribution < 1.29 is 4.79 Å². The topological polar surface area (TPSA) is 55.1 Å². The summed E-state index contributed by atoms with van der Waals surface area (Å²) in [6.07, 6.45) is 4.57. The summed E-state index contributed by atoms with van der Waals surface area (Å²) in [6.45, 7) is 0.654. The number of nitrogens with one attached hydrogen (secondary N) is 1. The number of halogens is 1. The monoisotopic (exact) mass is 310 g/mol. The van der Waals surface area contributed by atoms with Gasteiger partial charge in [0.25, 0.3) is 5.91 Å². The Bertz CT molecular complexity index is 422. The molecular weight excluding hydrogens is 292 g/mol. The largest absolute Gasteiger partial charge is 0.349 e. The summed E-state index contributed by atoms with van der Waals surface area (Å²) in [5.41, 5.74) is 6.47. The van der Waals surface area contributed by atoms with Crippen molar-refractivity contribution in [3.05, 3.63) is 34.3 Å². The van der Waals surface area contributed by atoms with Crippen molar-refractivity contribution in [2.75, 3.05) is 6.54 Å². The van der Waals surface area contributed by atoms with E-state index < -0.39 is 0 Å². The molecule has 4 heteroatoms. The van der Waals surface area contributed by atoms with Crippen LogP contribution in [0.5, 0.6) is 0 Å². The van der Waals surface area contributed by atoms with Crippen LogP contribution >= 0.6 is 15.9 Å². The molecule has 1 aromatic carbocycles. The van der Waals surface area contributed by atoms with Gasteiger partial charge in [0.2, 0.25) is 0 Å². The van der Waals surface area contributed by atoms with Crippen LogP contribution in [0.4, 0.5) is 0 Å². The van der Waals surface area contributed by atoms with E-state index in [1.807, 2.05) is 24.3 Å². The van der Waals surface area contributed by atoms with Crippen LogP contribution in [0.25, 0.3) is 0 Å². The van der Waals surface area contributed by atoms with Crippen molar-refractivity contribution in [2.45, 2.75) is 31.7 Å². The minimum absolute atomic E-state index is 0.00664. The van der Waals surface area contributed by atoms with E-state index in [2.05, 4.69) is 21.2 Å². The molecule has 2 unspecified atom stereocenters. The summed E-state index contributed by atoms with van der Waals surface area (Å²) in [5.74, 6) is 0.415. The van der Waals surface area contributed by atoms with Crippen molar-refractivity contribution in [3.8, 4) is 0 Å². The molecule has 98 valence electrons. The van der Waals surface area contributed by atoms with Gasteiger partial charge in [-0.3, -0.25) is 4.79 Å². The first-order valence-electron chi connectivity index (χ1n) is 6.48. The fraction of sp³-hybridized carbons (Fsp3) is 0.500. The first-order valence-corrected chi connectivity index (χ1v) is 7.27. The Labute approximate surface area is 116 Å². The Hall–Kier alpha value is -0.870. The quantitative estimate of drug-likeness (QED) is 0.902. The van der Waals surface area contributed by atoms with Gasteiger partial charge in [-0.2, -0.15) is 0 Å². The third-order valence-electron chi connectivity index (χ3n) is 3.65. The molecule has 2 atom stereocenters. The second-order valence-corrected chi connectivity index (χ2v) is 5.69. The maximum atomic E-state index is 12.2. The Balaban J connectivity index is 2.04. The smallest absolute Gasteiger partial charge is 0.252 e. The Morgan fingerprint density at radius 2 is 2.06 bits per heavy atom. The summed E-state index contributed by atoms with van der Waals surface area (Å²) < 4.78 is 0.836. The molecule has 3 nitrogen and oxygen atoms in total. The number of hydrogen-bond donors (Lipinski definition) is 2. The predicted molar refractivity (Wildman–Crippen MR) is 76.4 cm³/mol. The lowest BCUT2D eigenvalue weighted by Crippen LogP contribution is -2.44. The molecule has 1 saturated carbocycles. The van der Waals surface area contributed by atoms with E-state index in [-0.39, 0.29) is 11.9 Å². The molecule has 0 radical (unpaired) electrons. The van der Waals surface area contributed by atoms with Crippen molar-refractivity contribution in [1.82, 2.24) is 5.32 Å². The highest BCUT2D eigenvalue weighted by Crippen LogP contribution is 2.24. The van der Waals surface area contributed by atoms with Crippen LogP contribution in [-0.4, -0.2) is 18.5 Å². The van der Waals surface area contributed by atoms with Gasteiger partial charge in [0.15, 0.2) is 0 Å². The number of rotatable bonds is 3. The van der Waals surface area contributed by atoms with E-state index in [0.29, 0.717) is 18.0 Å². The minimum atomic E-state index is -0.00664. The molecule has 1 fully saturated rings. The number of carbonyl (C=O) groups excluding carboxylic acids is 1. The maximum Gasteiger partial charge on any atom is 0.252 e. The molecule has 1 aliphatic rings. The fourth-order valence-corrected chi connectivity index (χ4v) is 3.04. The number of carbonyl (C=O) groups is 1. The van der Waals surface area contributed by atoms with E-state index in [1.165, 1.54) is 12.8 Å². The van der Waals surface area contributed by atoms with Crippen molar-refractivity contribution in [3.63, 3.8) is 0 Å². The van der Waals surface area contributed by atoms with Crippen LogP contribution < -0.4 is 11.1 Å². The first kappa shape index (κ1) is 13.6. The highest BCUT2D eigenvalue weighted by molar-refractivity contribution is 9.10. The van der Waals surface area contributed by atoms with Crippen LogP contribution in [0.1, 0.15) is 36.0 Å². The van der Waals surface area contributed by atoms with E-state index in [9.17, 15) is 4.79 Å². The summed E-state index contributed by atoms with van der Waals surface area (Å²) >= 11 is 3.41. The predicted octanol–water partition coefficient (Wildman–Crippen LogP) is 2.70. The average Bonchev–Trinajstić information content (AvgIpc) is 2.39. The SMILES string of the molecule is NCC1CCCCC1NC(=O)c1ccccc1Br. The lowest BCUT2D eigenvalue weighted by Gasteiger charge is -2.31. The van der Waals surface area contributed by atoms with Gasteiger partial charge in [0.05, 0.1) is 5.56 Å². The van der Waals surface area contributed by atoms with E-state index in [1.54, 1.807) is 0 Å². The van der Waals surface area contributed by atoms with Crippen molar-refractivity contribution in [2.24, 2.45) is 11.7 Å². The molecule has 0 saturated heterocycles. The lowest BCUT2D eigenvalue weighted by atomic mass is 9.84. The van der Waals surface area contributed by atoms with Crippen LogP contribution in [0, 0.1) is 5.92 Å². The van der Waals surface area contributed by atoms with Crippen LogP contribution in [0.2, 0.25) is 0 Å². The standard InChI is InChI=1S/C14H19BrN2O/c15-12-7-3-2-6-11(12)14(18)17-13-8-4-1-5-10(13)9-16/h2-3,6-7,10,13H,1,4-5,8-9,16H2,(H,17,18). The van der Waals surface area contributed by atoms with Gasteiger partial charge in [-0.1, -0.05) is 25.0 Å². The molecule has 0 spiro atoms. The third kappa shape index (κ3) is 3.12. The van der Waals surface area contributed by atoms with Crippen LogP contribution in [-0.2, 0) is 0 Å². The maximum absolute atomic E-state index is 12.2. The Kier molecular flexibility index (Phi) is 4.78. The van der Waals surface area contributed by atoms with Gasteiger partial charge in [-0.15, -0.1) is 0 Å². The van der Waals surface area contributed by atoms with E-state index in [4.69, 9.17) is 5.73 Å². The van der Waals surface area contributed by atoms with Gasteiger partial charge >= 0.3 is 0 Å². The molecule has 1 amide bonds. The van der Waals surface area contributed by atoms with Crippen molar-refractivity contribution >= 4 is 21.8 Å². The molecular formula is C14H19BrN2O. The zero-order chi connectivity index (χ0) is 13.0. The molecule has 3 N–H and O–H groups in total. The number of amides is 1. The average molecular weight is 311 g/mol. The molecule has 1 aliphatic carbocycles. The number of benzene rings is 1. The summed E-state index contributed by atoms with van der Waals surface area (Å²) in [6, 6.07) is 7.73. The fourth-order valence-electron chi connectivity index (χ4n) is 2.57. The van der Waals surface area contributed by atoms with Gasteiger partial charge < -0.3 is 11.1 Å². The summed E-state index contributed by atoms with van der Waals surface area (Å²) in [5, 5.41) is 3.13. The molecule has 2 rings (SSSR count).